The Bertz CT molecular complexity index is 485. The number of carbonyl (C=O) groups excluding carboxylic acids is 1. The summed E-state index contributed by atoms with van der Waals surface area (Å²) >= 11 is 6.07. The number of anilines is 1. The molecular formula is C13H16ClN3O2. The van der Waals surface area contributed by atoms with Crippen molar-refractivity contribution in [2.24, 2.45) is 0 Å². The summed E-state index contributed by atoms with van der Waals surface area (Å²) in [4.78, 5) is 13.4. The minimum atomic E-state index is -0.111. The molecule has 0 atom stereocenters. The van der Waals surface area contributed by atoms with Gasteiger partial charge in [-0.3, -0.25) is 4.79 Å². The number of halogens is 1. The van der Waals surface area contributed by atoms with Crippen molar-refractivity contribution in [1.29, 1.82) is 5.26 Å². The molecule has 0 saturated heterocycles. The number of rotatable bonds is 6. The Morgan fingerprint density at radius 1 is 1.58 bits per heavy atom. The number of hydrogen-bond acceptors (Lipinski definition) is 4. The van der Waals surface area contributed by atoms with E-state index in [4.69, 9.17) is 21.6 Å². The van der Waals surface area contributed by atoms with Crippen molar-refractivity contribution in [2.45, 2.75) is 0 Å². The molecule has 1 rings (SSSR count). The number of nitriles is 1. The van der Waals surface area contributed by atoms with Crippen molar-refractivity contribution < 1.29 is 9.53 Å². The van der Waals surface area contributed by atoms with Crippen molar-refractivity contribution >= 4 is 23.2 Å². The lowest BCUT2D eigenvalue weighted by atomic mass is 10.2. The van der Waals surface area contributed by atoms with Gasteiger partial charge in [-0.15, -0.1) is 0 Å². The van der Waals surface area contributed by atoms with Crippen LogP contribution in [-0.2, 0) is 9.53 Å². The first-order valence-electron chi connectivity index (χ1n) is 5.75. The van der Waals surface area contributed by atoms with Gasteiger partial charge in [0, 0.05) is 20.7 Å². The summed E-state index contributed by atoms with van der Waals surface area (Å²) in [6.07, 6.45) is 0. The van der Waals surface area contributed by atoms with Crippen LogP contribution in [0.2, 0.25) is 5.02 Å². The van der Waals surface area contributed by atoms with Crippen LogP contribution in [-0.4, -0.2) is 39.8 Å². The predicted octanol–water partition coefficient (Wildman–Crippen LogP) is 1.41. The molecule has 19 heavy (non-hydrogen) atoms. The summed E-state index contributed by atoms with van der Waals surface area (Å²) in [5.41, 5.74) is 1.20. The predicted molar refractivity (Wildman–Crippen MR) is 74.3 cm³/mol. The molecular weight excluding hydrogens is 266 g/mol. The molecule has 1 aromatic rings. The standard InChI is InChI=1S/C13H16ClN3O2/c1-17(9-13(18)16-5-6-19-2)12-4-3-10(8-15)7-11(12)14/h3-4,7H,5-6,9H2,1-2H3,(H,16,18). The number of methoxy groups -OCH3 is 1. The third-order valence-corrected chi connectivity index (χ3v) is 2.80. The Hall–Kier alpha value is -1.77. The molecule has 0 radical (unpaired) electrons. The summed E-state index contributed by atoms with van der Waals surface area (Å²) in [5, 5.41) is 11.9. The third-order valence-electron chi connectivity index (χ3n) is 2.50. The summed E-state index contributed by atoms with van der Waals surface area (Å²) in [6.45, 7) is 1.15. The molecule has 0 heterocycles. The van der Waals surface area contributed by atoms with Gasteiger partial charge in [-0.25, -0.2) is 0 Å². The Morgan fingerprint density at radius 3 is 2.89 bits per heavy atom. The molecule has 6 heteroatoms. The highest BCUT2D eigenvalue weighted by Crippen LogP contribution is 2.25. The van der Waals surface area contributed by atoms with Crippen LogP contribution in [0.15, 0.2) is 18.2 Å². The fraction of sp³-hybridized carbons (Fsp3) is 0.385. The number of amides is 1. The second-order valence-corrected chi connectivity index (χ2v) is 4.38. The lowest BCUT2D eigenvalue weighted by Crippen LogP contribution is -2.36. The number of hydrogen-bond donors (Lipinski definition) is 1. The molecule has 1 amide bonds. The molecule has 0 unspecified atom stereocenters. The molecule has 0 aromatic heterocycles. The lowest BCUT2D eigenvalue weighted by Gasteiger charge is -2.20. The first-order valence-corrected chi connectivity index (χ1v) is 6.12. The molecule has 1 N–H and O–H groups in total. The number of benzene rings is 1. The van der Waals surface area contributed by atoms with Crippen molar-refractivity contribution in [3.05, 3.63) is 28.8 Å². The van der Waals surface area contributed by atoms with Gasteiger partial charge in [0.25, 0.3) is 0 Å². The molecule has 0 aliphatic rings. The van der Waals surface area contributed by atoms with Crippen LogP contribution >= 0.6 is 11.6 Å². The number of carbonyl (C=O) groups is 1. The normalized spacial score (nSPS) is 9.79. The summed E-state index contributed by atoms with van der Waals surface area (Å²) in [7, 11) is 3.35. The van der Waals surface area contributed by atoms with Gasteiger partial charge in [-0.2, -0.15) is 5.26 Å². The van der Waals surface area contributed by atoms with E-state index >= 15 is 0 Å². The van der Waals surface area contributed by atoms with Gasteiger partial charge in [0.15, 0.2) is 0 Å². The molecule has 0 aliphatic heterocycles. The smallest absolute Gasteiger partial charge is 0.239 e. The Labute approximate surface area is 117 Å². The minimum absolute atomic E-state index is 0.111. The van der Waals surface area contributed by atoms with Gasteiger partial charge < -0.3 is 15.0 Å². The highest BCUT2D eigenvalue weighted by molar-refractivity contribution is 6.33. The fourth-order valence-electron chi connectivity index (χ4n) is 1.54. The molecule has 0 aliphatic carbocycles. The van der Waals surface area contributed by atoms with E-state index < -0.39 is 0 Å². The largest absolute Gasteiger partial charge is 0.383 e. The van der Waals surface area contributed by atoms with Crippen LogP contribution in [0.5, 0.6) is 0 Å². The molecule has 1 aromatic carbocycles. The zero-order chi connectivity index (χ0) is 14.3. The quantitative estimate of drug-likeness (QED) is 0.801. The van der Waals surface area contributed by atoms with E-state index in [1.165, 1.54) is 0 Å². The molecule has 102 valence electrons. The van der Waals surface area contributed by atoms with E-state index in [9.17, 15) is 4.79 Å². The van der Waals surface area contributed by atoms with E-state index in [1.54, 1.807) is 37.3 Å². The highest BCUT2D eigenvalue weighted by atomic mass is 35.5. The summed E-state index contributed by atoms with van der Waals surface area (Å²) in [6, 6.07) is 6.99. The van der Waals surface area contributed by atoms with Gasteiger partial charge in [-0.05, 0) is 18.2 Å². The van der Waals surface area contributed by atoms with Gasteiger partial charge in [0.2, 0.25) is 5.91 Å². The van der Waals surface area contributed by atoms with Crippen molar-refractivity contribution in [3.8, 4) is 6.07 Å². The maximum atomic E-state index is 11.6. The van der Waals surface area contributed by atoms with Crippen LogP contribution < -0.4 is 10.2 Å². The second kappa shape index (κ2) is 7.62. The van der Waals surface area contributed by atoms with Crippen LogP contribution in [0.25, 0.3) is 0 Å². The number of likely N-dealkylation sites (N-methyl/N-ethyl adjacent to an activating group) is 1. The van der Waals surface area contributed by atoms with Crippen molar-refractivity contribution in [2.75, 3.05) is 38.8 Å². The van der Waals surface area contributed by atoms with Crippen molar-refractivity contribution in [1.82, 2.24) is 5.32 Å². The third kappa shape index (κ3) is 4.78. The SMILES string of the molecule is COCCNC(=O)CN(C)c1ccc(C#N)cc1Cl. The van der Waals surface area contributed by atoms with E-state index in [2.05, 4.69) is 5.32 Å². The molecule has 5 nitrogen and oxygen atoms in total. The van der Waals surface area contributed by atoms with Crippen molar-refractivity contribution in [3.63, 3.8) is 0 Å². The van der Waals surface area contributed by atoms with Crippen LogP contribution in [0.4, 0.5) is 5.69 Å². The summed E-state index contributed by atoms with van der Waals surface area (Å²) in [5.74, 6) is -0.111. The first-order chi connectivity index (χ1) is 9.08. The van der Waals surface area contributed by atoms with E-state index in [1.807, 2.05) is 6.07 Å². The van der Waals surface area contributed by atoms with E-state index in [0.717, 1.165) is 0 Å². The molecule has 0 spiro atoms. The van der Waals surface area contributed by atoms with Gasteiger partial charge in [0.1, 0.15) is 0 Å². The zero-order valence-electron chi connectivity index (χ0n) is 10.9. The van der Waals surface area contributed by atoms with E-state index in [-0.39, 0.29) is 12.5 Å². The van der Waals surface area contributed by atoms with E-state index in [0.29, 0.717) is 29.4 Å². The Morgan fingerprint density at radius 2 is 2.32 bits per heavy atom. The topological polar surface area (TPSA) is 65.4 Å². The van der Waals surface area contributed by atoms with Gasteiger partial charge in [-0.1, -0.05) is 11.6 Å². The van der Waals surface area contributed by atoms with Crippen LogP contribution in [0.3, 0.4) is 0 Å². The molecule has 0 bridgehead atoms. The van der Waals surface area contributed by atoms with Crippen LogP contribution in [0.1, 0.15) is 5.56 Å². The van der Waals surface area contributed by atoms with Gasteiger partial charge >= 0.3 is 0 Å². The Balaban J connectivity index is 2.60. The second-order valence-electron chi connectivity index (χ2n) is 3.98. The molecule has 0 fully saturated rings. The van der Waals surface area contributed by atoms with Gasteiger partial charge in [0.05, 0.1) is 35.5 Å². The highest BCUT2D eigenvalue weighted by Gasteiger charge is 2.10. The lowest BCUT2D eigenvalue weighted by molar-refractivity contribution is -0.119. The monoisotopic (exact) mass is 281 g/mol. The number of ether oxygens (including phenoxy) is 1. The van der Waals surface area contributed by atoms with Crippen LogP contribution in [0, 0.1) is 11.3 Å². The summed E-state index contributed by atoms with van der Waals surface area (Å²) < 4.78 is 4.85. The Kier molecular flexibility index (Phi) is 6.13. The maximum absolute atomic E-state index is 11.6. The molecule has 0 saturated carbocycles. The maximum Gasteiger partial charge on any atom is 0.239 e. The fourth-order valence-corrected chi connectivity index (χ4v) is 1.86. The zero-order valence-corrected chi connectivity index (χ0v) is 11.7. The average Bonchev–Trinajstić information content (AvgIpc) is 2.38. The minimum Gasteiger partial charge on any atom is -0.383 e. The number of nitrogens with one attached hydrogen (secondary N) is 1. The number of nitrogens with zero attached hydrogens (tertiary/aromatic N) is 2. The first kappa shape index (κ1) is 15.3. The average molecular weight is 282 g/mol.